The Hall–Kier alpha value is -1.30. The number of hydrogen-bond acceptors (Lipinski definition) is 5. The number of methoxy groups -OCH3 is 1. The molecule has 1 N–H and O–H groups in total. The summed E-state index contributed by atoms with van der Waals surface area (Å²) in [6.07, 6.45) is 0. The van der Waals surface area contributed by atoms with E-state index in [0.29, 0.717) is 5.88 Å². The molecule has 0 aliphatic heterocycles. The summed E-state index contributed by atoms with van der Waals surface area (Å²) in [5.41, 5.74) is 1.20. The lowest BCUT2D eigenvalue weighted by Gasteiger charge is -2.04. The summed E-state index contributed by atoms with van der Waals surface area (Å²) < 4.78 is 6.34. The molecule has 0 amide bonds. The van der Waals surface area contributed by atoms with Crippen molar-refractivity contribution >= 4 is 48.9 Å². The average Bonchev–Trinajstić information content (AvgIpc) is 3.03. The van der Waals surface area contributed by atoms with Gasteiger partial charge in [0, 0.05) is 11.4 Å². The van der Waals surface area contributed by atoms with Gasteiger partial charge in [0.15, 0.2) is 5.13 Å². The van der Waals surface area contributed by atoms with Crippen molar-refractivity contribution in [3.8, 4) is 5.75 Å². The number of anilines is 1. The third kappa shape index (κ3) is 2.90. The Labute approximate surface area is 130 Å². The number of nitrogens with zero attached hydrogens (tertiary/aromatic N) is 1. The molecule has 3 aromatic rings. The highest BCUT2D eigenvalue weighted by Gasteiger charge is 2.07. The van der Waals surface area contributed by atoms with Crippen LogP contribution in [0, 0.1) is 0 Å². The van der Waals surface area contributed by atoms with Crippen LogP contribution < -0.4 is 10.1 Å². The minimum absolute atomic E-state index is 0.558. The van der Waals surface area contributed by atoms with Gasteiger partial charge in [-0.05, 0) is 23.8 Å². The maximum atomic E-state index is 5.82. The van der Waals surface area contributed by atoms with Crippen LogP contribution in [0.1, 0.15) is 10.4 Å². The first-order valence-corrected chi connectivity index (χ1v) is 8.27. The van der Waals surface area contributed by atoms with Gasteiger partial charge in [0.2, 0.25) is 0 Å². The molecule has 2 heterocycles. The number of ether oxygens (including phenoxy) is 1. The van der Waals surface area contributed by atoms with Crippen molar-refractivity contribution in [2.24, 2.45) is 0 Å². The summed E-state index contributed by atoms with van der Waals surface area (Å²) in [7, 11) is 1.67. The zero-order valence-electron chi connectivity index (χ0n) is 10.9. The minimum atomic E-state index is 0.558. The highest BCUT2D eigenvalue weighted by molar-refractivity contribution is 7.29. The van der Waals surface area contributed by atoms with Crippen LogP contribution in [-0.4, -0.2) is 12.1 Å². The van der Waals surface area contributed by atoms with Crippen LogP contribution in [0.15, 0.2) is 30.3 Å². The molecule has 1 aromatic carbocycles. The third-order valence-corrected chi connectivity index (χ3v) is 5.44. The topological polar surface area (TPSA) is 34.1 Å². The Morgan fingerprint density at radius 1 is 1.25 bits per heavy atom. The van der Waals surface area contributed by atoms with Crippen LogP contribution in [0.25, 0.3) is 9.53 Å². The summed E-state index contributed by atoms with van der Waals surface area (Å²) >= 11 is 9.14. The Morgan fingerprint density at radius 3 is 2.70 bits per heavy atom. The maximum Gasteiger partial charge on any atom is 0.184 e. The molecular formula is C14H13ClN2OS2. The van der Waals surface area contributed by atoms with Gasteiger partial charge in [-0.1, -0.05) is 23.5 Å². The normalized spacial score (nSPS) is 10.9. The summed E-state index contributed by atoms with van der Waals surface area (Å²) in [4.78, 5) is 6.80. The monoisotopic (exact) mass is 324 g/mol. The molecule has 0 fully saturated rings. The second kappa shape index (κ2) is 5.99. The number of fused-ring (bicyclic) bond motifs is 1. The van der Waals surface area contributed by atoms with Crippen LogP contribution in [-0.2, 0) is 12.4 Å². The Balaban J connectivity index is 1.67. The van der Waals surface area contributed by atoms with Gasteiger partial charge in [-0.25, -0.2) is 4.98 Å². The molecule has 0 bridgehead atoms. The Kier molecular flexibility index (Phi) is 4.10. The molecule has 0 aliphatic carbocycles. The molecule has 0 unspecified atom stereocenters. The van der Waals surface area contributed by atoms with Crippen LogP contribution in [0.2, 0.25) is 0 Å². The van der Waals surface area contributed by atoms with E-state index in [1.54, 1.807) is 29.8 Å². The number of alkyl halides is 1. The molecule has 2 aromatic heterocycles. The van der Waals surface area contributed by atoms with Gasteiger partial charge < -0.3 is 10.1 Å². The maximum absolute atomic E-state index is 5.82. The van der Waals surface area contributed by atoms with Crippen LogP contribution in [0.5, 0.6) is 5.75 Å². The summed E-state index contributed by atoms with van der Waals surface area (Å²) in [5.74, 6) is 1.43. The number of aromatic nitrogens is 1. The number of hydrogen-bond donors (Lipinski definition) is 1. The van der Waals surface area contributed by atoms with Gasteiger partial charge in [0.1, 0.15) is 10.6 Å². The smallest absolute Gasteiger partial charge is 0.184 e. The lowest BCUT2D eigenvalue weighted by molar-refractivity contribution is 0.414. The number of rotatable bonds is 5. The fraction of sp³-hybridized carbons (Fsp3) is 0.214. The van der Waals surface area contributed by atoms with E-state index in [4.69, 9.17) is 16.3 Å². The number of benzene rings is 1. The SMILES string of the molecule is COc1ccc(CNc2nc3sc(CCl)cc3s2)cc1. The van der Waals surface area contributed by atoms with Crippen molar-refractivity contribution in [1.29, 1.82) is 0 Å². The predicted octanol–water partition coefficient (Wildman–Crippen LogP) is 4.72. The Morgan fingerprint density at radius 2 is 2.05 bits per heavy atom. The predicted molar refractivity (Wildman–Crippen MR) is 87.4 cm³/mol. The molecule has 0 spiro atoms. The van der Waals surface area contributed by atoms with E-state index in [9.17, 15) is 0 Å². The molecule has 0 saturated carbocycles. The molecule has 0 radical (unpaired) electrons. The van der Waals surface area contributed by atoms with Crippen LogP contribution in [0.3, 0.4) is 0 Å². The molecule has 3 rings (SSSR count). The molecule has 3 nitrogen and oxygen atoms in total. The van der Waals surface area contributed by atoms with Gasteiger partial charge in [0.25, 0.3) is 0 Å². The quantitative estimate of drug-likeness (QED) is 0.690. The first-order valence-electron chi connectivity index (χ1n) is 6.10. The van der Waals surface area contributed by atoms with E-state index >= 15 is 0 Å². The molecule has 0 atom stereocenters. The van der Waals surface area contributed by atoms with Crippen LogP contribution >= 0.6 is 34.3 Å². The third-order valence-electron chi connectivity index (χ3n) is 2.87. The van der Waals surface area contributed by atoms with Crippen molar-refractivity contribution in [3.63, 3.8) is 0 Å². The summed E-state index contributed by atoms with van der Waals surface area (Å²) in [6, 6.07) is 10.1. The highest BCUT2D eigenvalue weighted by Crippen LogP contribution is 2.33. The van der Waals surface area contributed by atoms with E-state index in [-0.39, 0.29) is 0 Å². The second-order valence-electron chi connectivity index (χ2n) is 4.24. The molecule has 6 heteroatoms. The first kappa shape index (κ1) is 13.7. The standard InChI is InChI=1S/C14H13ClN2OS2/c1-18-10-4-2-9(3-5-10)8-16-14-17-13-12(20-14)6-11(7-15)19-13/h2-6H,7-8H2,1H3,(H,16,17). The van der Waals surface area contributed by atoms with Crippen LogP contribution in [0.4, 0.5) is 5.13 Å². The fourth-order valence-electron chi connectivity index (χ4n) is 1.84. The minimum Gasteiger partial charge on any atom is -0.497 e. The summed E-state index contributed by atoms with van der Waals surface area (Å²) in [6.45, 7) is 0.757. The van der Waals surface area contributed by atoms with E-state index in [2.05, 4.69) is 16.4 Å². The van der Waals surface area contributed by atoms with Crippen molar-refractivity contribution in [2.75, 3.05) is 12.4 Å². The van der Waals surface area contributed by atoms with E-state index < -0.39 is 0 Å². The zero-order valence-corrected chi connectivity index (χ0v) is 13.2. The van der Waals surface area contributed by atoms with Crippen molar-refractivity contribution in [1.82, 2.24) is 4.98 Å². The van der Waals surface area contributed by atoms with Crippen molar-refractivity contribution in [2.45, 2.75) is 12.4 Å². The highest BCUT2D eigenvalue weighted by atomic mass is 35.5. The lowest BCUT2D eigenvalue weighted by atomic mass is 10.2. The molecule has 104 valence electrons. The van der Waals surface area contributed by atoms with E-state index in [1.807, 2.05) is 24.3 Å². The molecule has 0 saturated heterocycles. The van der Waals surface area contributed by atoms with E-state index in [0.717, 1.165) is 22.3 Å². The molecule has 20 heavy (non-hydrogen) atoms. The van der Waals surface area contributed by atoms with Gasteiger partial charge in [-0.3, -0.25) is 0 Å². The van der Waals surface area contributed by atoms with E-state index in [1.165, 1.54) is 15.1 Å². The average molecular weight is 325 g/mol. The number of thiazole rings is 1. The second-order valence-corrected chi connectivity index (χ2v) is 6.65. The number of nitrogens with one attached hydrogen (secondary N) is 1. The van der Waals surface area contributed by atoms with Gasteiger partial charge in [0.05, 0.1) is 17.7 Å². The lowest BCUT2D eigenvalue weighted by Crippen LogP contribution is -1.98. The Bertz CT molecular complexity index is 674. The fourth-order valence-corrected chi connectivity index (χ4v) is 4.07. The van der Waals surface area contributed by atoms with Crippen molar-refractivity contribution in [3.05, 3.63) is 40.8 Å². The van der Waals surface area contributed by atoms with Gasteiger partial charge >= 0.3 is 0 Å². The number of halogens is 1. The molecule has 0 aliphatic rings. The number of thiophene rings is 1. The first-order chi connectivity index (χ1) is 9.78. The zero-order chi connectivity index (χ0) is 13.9. The van der Waals surface area contributed by atoms with Gasteiger partial charge in [-0.2, -0.15) is 0 Å². The largest absolute Gasteiger partial charge is 0.497 e. The summed E-state index contributed by atoms with van der Waals surface area (Å²) in [5, 5.41) is 4.30. The van der Waals surface area contributed by atoms with Gasteiger partial charge in [-0.15, -0.1) is 22.9 Å². The van der Waals surface area contributed by atoms with Crippen molar-refractivity contribution < 1.29 is 4.74 Å². The molecular weight excluding hydrogens is 312 g/mol.